The van der Waals surface area contributed by atoms with Gasteiger partial charge in [0.2, 0.25) is 0 Å². The summed E-state index contributed by atoms with van der Waals surface area (Å²) >= 11 is 1.53. The Morgan fingerprint density at radius 1 is 1.50 bits per heavy atom. The largest absolute Gasteiger partial charge is 0.332 e. The van der Waals surface area contributed by atoms with Crippen LogP contribution in [-0.2, 0) is 6.54 Å². The van der Waals surface area contributed by atoms with Crippen molar-refractivity contribution in [2.24, 2.45) is 0 Å². The normalized spacial score (nSPS) is 19.2. The van der Waals surface area contributed by atoms with Crippen LogP contribution in [-0.4, -0.2) is 38.2 Å². The van der Waals surface area contributed by atoms with Gasteiger partial charge in [-0.1, -0.05) is 0 Å². The third kappa shape index (κ3) is 2.75. The Bertz CT molecular complexity index is 578. The van der Waals surface area contributed by atoms with Crippen LogP contribution in [0.5, 0.6) is 0 Å². The molecule has 106 valence electrons. The van der Waals surface area contributed by atoms with Gasteiger partial charge < -0.3 is 4.90 Å². The number of carbonyl (C=O) groups is 1. The van der Waals surface area contributed by atoms with Crippen LogP contribution in [0.4, 0.5) is 0 Å². The van der Waals surface area contributed by atoms with Crippen LogP contribution in [0.1, 0.15) is 34.8 Å². The van der Waals surface area contributed by atoms with E-state index in [1.54, 1.807) is 6.20 Å². The maximum atomic E-state index is 12.6. The molecule has 2 aromatic rings. The van der Waals surface area contributed by atoms with Crippen LogP contribution in [0.25, 0.3) is 0 Å². The highest BCUT2D eigenvalue weighted by atomic mass is 32.1. The zero-order valence-corrected chi connectivity index (χ0v) is 12.3. The summed E-state index contributed by atoms with van der Waals surface area (Å²) in [5, 5.41) is 7.04. The first-order valence-electron chi connectivity index (χ1n) is 6.94. The minimum atomic E-state index is 0.0613. The van der Waals surface area contributed by atoms with Gasteiger partial charge in [-0.05, 0) is 32.3 Å². The fourth-order valence-corrected chi connectivity index (χ4v) is 3.28. The van der Waals surface area contributed by atoms with Crippen molar-refractivity contribution in [2.45, 2.75) is 38.8 Å². The molecule has 3 heterocycles. The van der Waals surface area contributed by atoms with Crippen LogP contribution in [0.3, 0.4) is 0 Å². The van der Waals surface area contributed by atoms with E-state index in [9.17, 15) is 4.79 Å². The molecule has 1 aliphatic heterocycles. The number of nitrogens with zero attached hydrogens (tertiary/aromatic N) is 4. The second kappa shape index (κ2) is 5.75. The van der Waals surface area contributed by atoms with Crippen LogP contribution >= 0.6 is 11.3 Å². The van der Waals surface area contributed by atoms with Gasteiger partial charge in [0.05, 0.1) is 17.6 Å². The van der Waals surface area contributed by atoms with Gasteiger partial charge in [-0.3, -0.25) is 9.48 Å². The predicted molar refractivity (Wildman–Crippen MR) is 77.8 cm³/mol. The van der Waals surface area contributed by atoms with E-state index in [-0.39, 0.29) is 11.9 Å². The Morgan fingerprint density at radius 2 is 2.40 bits per heavy atom. The monoisotopic (exact) mass is 290 g/mol. The lowest BCUT2D eigenvalue weighted by Gasteiger charge is -2.35. The summed E-state index contributed by atoms with van der Waals surface area (Å²) in [7, 11) is 0. The van der Waals surface area contributed by atoms with Crippen molar-refractivity contribution in [1.82, 2.24) is 19.7 Å². The van der Waals surface area contributed by atoms with Crippen molar-refractivity contribution < 1.29 is 4.79 Å². The summed E-state index contributed by atoms with van der Waals surface area (Å²) in [6.07, 6.45) is 7.01. The predicted octanol–water partition coefficient (Wildman–Crippen LogP) is 2.34. The van der Waals surface area contributed by atoms with E-state index in [4.69, 9.17) is 0 Å². The van der Waals surface area contributed by atoms with E-state index < -0.39 is 0 Å². The molecule has 0 aromatic carbocycles. The SMILES string of the molecule is Cc1nc(C(=O)N2CCCC[C@@H]2Cn2cccn2)cs1. The highest BCUT2D eigenvalue weighted by Gasteiger charge is 2.28. The maximum Gasteiger partial charge on any atom is 0.273 e. The summed E-state index contributed by atoms with van der Waals surface area (Å²) in [4.78, 5) is 18.9. The average Bonchev–Trinajstić information content (AvgIpc) is 3.10. The number of aryl methyl sites for hydroxylation is 1. The zero-order valence-electron chi connectivity index (χ0n) is 11.5. The van der Waals surface area contributed by atoms with Gasteiger partial charge in [-0.15, -0.1) is 11.3 Å². The van der Waals surface area contributed by atoms with Crippen molar-refractivity contribution in [3.63, 3.8) is 0 Å². The Balaban J connectivity index is 1.76. The quantitative estimate of drug-likeness (QED) is 0.872. The highest BCUT2D eigenvalue weighted by Crippen LogP contribution is 2.21. The molecule has 0 aliphatic carbocycles. The number of carbonyl (C=O) groups excluding carboxylic acids is 1. The lowest BCUT2D eigenvalue weighted by atomic mass is 10.0. The first-order valence-corrected chi connectivity index (χ1v) is 7.82. The van der Waals surface area contributed by atoms with E-state index in [0.29, 0.717) is 5.69 Å². The van der Waals surface area contributed by atoms with Crippen molar-refractivity contribution in [1.29, 1.82) is 0 Å². The number of likely N-dealkylation sites (tertiary alicyclic amines) is 1. The van der Waals surface area contributed by atoms with Gasteiger partial charge in [0.1, 0.15) is 5.69 Å². The van der Waals surface area contributed by atoms with Gasteiger partial charge in [0.15, 0.2) is 0 Å². The Labute approximate surface area is 122 Å². The Morgan fingerprint density at radius 3 is 3.10 bits per heavy atom. The Hall–Kier alpha value is -1.69. The fraction of sp³-hybridized carbons (Fsp3) is 0.500. The van der Waals surface area contributed by atoms with Gasteiger partial charge >= 0.3 is 0 Å². The number of aromatic nitrogens is 3. The molecule has 1 amide bonds. The molecule has 1 aliphatic rings. The molecule has 5 nitrogen and oxygen atoms in total. The molecular weight excluding hydrogens is 272 g/mol. The van der Waals surface area contributed by atoms with Gasteiger partial charge in [-0.25, -0.2) is 4.98 Å². The minimum absolute atomic E-state index is 0.0613. The summed E-state index contributed by atoms with van der Waals surface area (Å²) < 4.78 is 1.91. The van der Waals surface area contributed by atoms with E-state index in [1.807, 2.05) is 34.1 Å². The molecule has 1 atom stereocenters. The van der Waals surface area contributed by atoms with E-state index in [2.05, 4.69) is 10.1 Å². The smallest absolute Gasteiger partial charge is 0.273 e. The molecule has 20 heavy (non-hydrogen) atoms. The molecule has 0 N–H and O–H groups in total. The second-order valence-corrected chi connectivity index (χ2v) is 6.19. The molecule has 3 rings (SSSR count). The highest BCUT2D eigenvalue weighted by molar-refractivity contribution is 7.09. The molecule has 0 spiro atoms. The molecule has 0 radical (unpaired) electrons. The lowest BCUT2D eigenvalue weighted by Crippen LogP contribution is -2.46. The van der Waals surface area contributed by atoms with Crippen LogP contribution in [0.2, 0.25) is 0 Å². The number of piperidine rings is 1. The molecule has 0 bridgehead atoms. The number of thiazole rings is 1. The van der Waals surface area contributed by atoms with Gasteiger partial charge in [0, 0.05) is 24.3 Å². The van der Waals surface area contributed by atoms with E-state index in [1.165, 1.54) is 17.8 Å². The van der Waals surface area contributed by atoms with Crippen molar-refractivity contribution in [3.8, 4) is 0 Å². The standard InChI is InChI=1S/C14H18N4OS/c1-11-16-13(10-20-11)14(19)18-8-3-2-5-12(18)9-17-7-4-6-15-17/h4,6-7,10,12H,2-3,5,8-9H2,1H3/t12-/m1/s1. The van der Waals surface area contributed by atoms with Gasteiger partial charge in [-0.2, -0.15) is 5.10 Å². The minimum Gasteiger partial charge on any atom is -0.332 e. The van der Waals surface area contributed by atoms with E-state index >= 15 is 0 Å². The van der Waals surface area contributed by atoms with Crippen molar-refractivity contribution >= 4 is 17.2 Å². The van der Waals surface area contributed by atoms with Crippen molar-refractivity contribution in [2.75, 3.05) is 6.54 Å². The van der Waals surface area contributed by atoms with E-state index in [0.717, 1.165) is 30.9 Å². The third-order valence-corrected chi connectivity index (χ3v) is 4.46. The molecule has 1 saturated heterocycles. The zero-order chi connectivity index (χ0) is 13.9. The average molecular weight is 290 g/mol. The second-order valence-electron chi connectivity index (χ2n) is 5.13. The molecule has 1 fully saturated rings. The van der Waals surface area contributed by atoms with Crippen LogP contribution in [0, 0.1) is 6.92 Å². The molecule has 6 heteroatoms. The molecule has 0 saturated carbocycles. The first kappa shape index (κ1) is 13.3. The Kier molecular flexibility index (Phi) is 3.82. The molecular formula is C14H18N4OS. The first-order chi connectivity index (χ1) is 9.74. The molecule has 2 aromatic heterocycles. The number of hydrogen-bond acceptors (Lipinski definition) is 4. The van der Waals surface area contributed by atoms with Crippen LogP contribution < -0.4 is 0 Å². The summed E-state index contributed by atoms with van der Waals surface area (Å²) in [6, 6.07) is 2.14. The summed E-state index contributed by atoms with van der Waals surface area (Å²) in [5.41, 5.74) is 0.583. The number of rotatable bonds is 3. The summed E-state index contributed by atoms with van der Waals surface area (Å²) in [5.74, 6) is 0.0613. The number of hydrogen-bond donors (Lipinski definition) is 0. The van der Waals surface area contributed by atoms with Crippen LogP contribution in [0.15, 0.2) is 23.8 Å². The van der Waals surface area contributed by atoms with Gasteiger partial charge in [0.25, 0.3) is 5.91 Å². The third-order valence-electron chi connectivity index (χ3n) is 3.68. The van der Waals surface area contributed by atoms with Crippen molar-refractivity contribution in [3.05, 3.63) is 34.5 Å². The summed E-state index contributed by atoms with van der Waals surface area (Å²) in [6.45, 7) is 3.52. The fourth-order valence-electron chi connectivity index (χ4n) is 2.69. The topological polar surface area (TPSA) is 51.0 Å². The lowest BCUT2D eigenvalue weighted by molar-refractivity contribution is 0.0578. The number of amides is 1. The molecule has 0 unspecified atom stereocenters. The maximum absolute atomic E-state index is 12.6.